The van der Waals surface area contributed by atoms with E-state index in [1.54, 1.807) is 0 Å². The monoisotopic (exact) mass is 291 g/mol. The summed E-state index contributed by atoms with van der Waals surface area (Å²) in [5.74, 6) is 0.160. The largest absolute Gasteiger partial charge is 0.393 e. The summed E-state index contributed by atoms with van der Waals surface area (Å²) in [6.07, 6.45) is 4.10. The average molecular weight is 291 g/mol. The first-order valence-corrected chi connectivity index (χ1v) is 7.78. The molecule has 2 rings (SSSR count). The lowest BCUT2D eigenvalue weighted by Crippen LogP contribution is -2.36. The summed E-state index contributed by atoms with van der Waals surface area (Å²) in [5, 5.41) is 19.3. The van der Waals surface area contributed by atoms with Crippen LogP contribution in [0.4, 0.5) is 0 Å². The molecule has 2 N–H and O–H groups in total. The van der Waals surface area contributed by atoms with Gasteiger partial charge in [0.2, 0.25) is 5.91 Å². The Morgan fingerprint density at radius 3 is 2.67 bits per heavy atom. The molecule has 1 amide bonds. The zero-order valence-electron chi connectivity index (χ0n) is 12.5. The molecule has 1 aliphatic rings. The Kier molecular flexibility index (Phi) is 5.76. The van der Waals surface area contributed by atoms with Crippen LogP contribution in [-0.4, -0.2) is 46.3 Å². The van der Waals surface area contributed by atoms with Crippen LogP contribution in [0.5, 0.6) is 0 Å². The maximum absolute atomic E-state index is 12.2. The zero-order chi connectivity index (χ0) is 15.1. The molecular weight excluding hydrogens is 266 g/mol. The third-order valence-corrected chi connectivity index (χ3v) is 4.26. The fourth-order valence-electron chi connectivity index (χ4n) is 2.83. The van der Waals surface area contributed by atoms with E-state index in [1.807, 2.05) is 23.1 Å². The van der Waals surface area contributed by atoms with Crippen molar-refractivity contribution in [1.82, 2.24) is 4.90 Å². The standard InChI is InChI=1S/C17H25NO3/c19-14-17(21)10-5-12-18(13-11-17)16(20)9-4-8-15-6-2-1-3-7-15/h1-3,6-7,19,21H,4-5,8-14H2/t17-/m1/s1. The van der Waals surface area contributed by atoms with Crippen molar-refractivity contribution >= 4 is 5.91 Å². The predicted octanol–water partition coefficient (Wildman–Crippen LogP) is 1.75. The molecule has 0 bridgehead atoms. The third-order valence-electron chi connectivity index (χ3n) is 4.26. The van der Waals surface area contributed by atoms with Crippen molar-refractivity contribution in [3.8, 4) is 0 Å². The van der Waals surface area contributed by atoms with Crippen LogP contribution in [0.25, 0.3) is 0 Å². The highest BCUT2D eigenvalue weighted by Crippen LogP contribution is 2.22. The average Bonchev–Trinajstić information content (AvgIpc) is 2.71. The first kappa shape index (κ1) is 16.0. The Balaban J connectivity index is 1.76. The lowest BCUT2D eigenvalue weighted by Gasteiger charge is -2.24. The molecule has 1 aromatic carbocycles. The lowest BCUT2D eigenvalue weighted by molar-refractivity contribution is -0.131. The van der Waals surface area contributed by atoms with Crippen molar-refractivity contribution in [1.29, 1.82) is 0 Å². The number of nitrogens with zero attached hydrogens (tertiary/aromatic N) is 1. The number of amides is 1. The van der Waals surface area contributed by atoms with E-state index >= 15 is 0 Å². The van der Waals surface area contributed by atoms with Gasteiger partial charge >= 0.3 is 0 Å². The zero-order valence-corrected chi connectivity index (χ0v) is 12.5. The van der Waals surface area contributed by atoms with Gasteiger partial charge in [-0.2, -0.15) is 0 Å². The Hall–Kier alpha value is -1.39. The minimum atomic E-state index is -1.00. The minimum Gasteiger partial charge on any atom is -0.393 e. The molecule has 0 aliphatic carbocycles. The molecule has 1 heterocycles. The van der Waals surface area contributed by atoms with Gasteiger partial charge in [-0.25, -0.2) is 0 Å². The van der Waals surface area contributed by atoms with Gasteiger partial charge in [0, 0.05) is 19.5 Å². The van der Waals surface area contributed by atoms with Crippen LogP contribution in [0.15, 0.2) is 30.3 Å². The van der Waals surface area contributed by atoms with E-state index in [2.05, 4.69) is 12.1 Å². The predicted molar refractivity (Wildman–Crippen MR) is 81.8 cm³/mol. The molecule has 4 heteroatoms. The van der Waals surface area contributed by atoms with Gasteiger partial charge in [-0.1, -0.05) is 30.3 Å². The van der Waals surface area contributed by atoms with Crippen molar-refractivity contribution in [2.45, 2.75) is 44.1 Å². The molecule has 1 aromatic rings. The van der Waals surface area contributed by atoms with Crippen LogP contribution in [0.3, 0.4) is 0 Å². The van der Waals surface area contributed by atoms with Crippen molar-refractivity contribution in [2.24, 2.45) is 0 Å². The van der Waals surface area contributed by atoms with Gasteiger partial charge in [-0.3, -0.25) is 4.79 Å². The highest BCUT2D eigenvalue weighted by molar-refractivity contribution is 5.76. The number of carbonyl (C=O) groups is 1. The van der Waals surface area contributed by atoms with Gasteiger partial charge in [-0.15, -0.1) is 0 Å². The number of hydrogen-bond acceptors (Lipinski definition) is 3. The van der Waals surface area contributed by atoms with Gasteiger partial charge < -0.3 is 15.1 Å². The molecule has 21 heavy (non-hydrogen) atoms. The number of likely N-dealkylation sites (tertiary alicyclic amines) is 1. The fourth-order valence-corrected chi connectivity index (χ4v) is 2.83. The van der Waals surface area contributed by atoms with Crippen molar-refractivity contribution in [2.75, 3.05) is 19.7 Å². The van der Waals surface area contributed by atoms with Crippen LogP contribution >= 0.6 is 0 Å². The van der Waals surface area contributed by atoms with Crippen molar-refractivity contribution < 1.29 is 15.0 Å². The van der Waals surface area contributed by atoms with Gasteiger partial charge in [0.15, 0.2) is 0 Å². The smallest absolute Gasteiger partial charge is 0.222 e. The van der Waals surface area contributed by atoms with E-state index in [-0.39, 0.29) is 12.5 Å². The number of rotatable bonds is 5. The first-order valence-electron chi connectivity index (χ1n) is 7.78. The summed E-state index contributed by atoms with van der Waals surface area (Å²) in [5.41, 5.74) is 0.259. The van der Waals surface area contributed by atoms with E-state index in [9.17, 15) is 15.0 Å². The maximum Gasteiger partial charge on any atom is 0.222 e. The molecule has 1 saturated heterocycles. The van der Waals surface area contributed by atoms with Crippen LogP contribution in [0.1, 0.15) is 37.7 Å². The van der Waals surface area contributed by atoms with Crippen LogP contribution in [0.2, 0.25) is 0 Å². The van der Waals surface area contributed by atoms with E-state index in [0.717, 1.165) is 19.3 Å². The molecule has 0 radical (unpaired) electrons. The third kappa shape index (κ3) is 4.83. The molecule has 1 fully saturated rings. The molecule has 1 aliphatic heterocycles. The van der Waals surface area contributed by atoms with Gasteiger partial charge in [0.25, 0.3) is 0 Å². The number of benzene rings is 1. The molecule has 0 unspecified atom stereocenters. The maximum atomic E-state index is 12.2. The summed E-state index contributed by atoms with van der Waals surface area (Å²) < 4.78 is 0. The summed E-state index contributed by atoms with van der Waals surface area (Å²) in [6.45, 7) is 1.01. The van der Waals surface area contributed by atoms with Crippen LogP contribution in [-0.2, 0) is 11.2 Å². The minimum absolute atomic E-state index is 0.160. The Morgan fingerprint density at radius 1 is 1.19 bits per heavy atom. The van der Waals surface area contributed by atoms with Gasteiger partial charge in [-0.05, 0) is 37.7 Å². The van der Waals surface area contributed by atoms with Crippen molar-refractivity contribution in [3.63, 3.8) is 0 Å². The molecule has 0 spiro atoms. The number of hydrogen-bond donors (Lipinski definition) is 2. The summed E-state index contributed by atoms with van der Waals surface area (Å²) in [7, 11) is 0. The van der Waals surface area contributed by atoms with Crippen molar-refractivity contribution in [3.05, 3.63) is 35.9 Å². The summed E-state index contributed by atoms with van der Waals surface area (Å²) in [6, 6.07) is 10.2. The van der Waals surface area contributed by atoms with Gasteiger partial charge in [0.1, 0.15) is 0 Å². The quantitative estimate of drug-likeness (QED) is 0.869. The van der Waals surface area contributed by atoms with E-state index in [0.29, 0.717) is 32.4 Å². The SMILES string of the molecule is O=C(CCCc1ccccc1)N1CCC[C@](O)(CO)CC1. The van der Waals surface area contributed by atoms with Crippen LogP contribution < -0.4 is 0 Å². The molecule has 0 aromatic heterocycles. The highest BCUT2D eigenvalue weighted by atomic mass is 16.3. The topological polar surface area (TPSA) is 60.8 Å². The Bertz CT molecular complexity index is 449. The van der Waals surface area contributed by atoms with E-state index < -0.39 is 5.60 Å². The van der Waals surface area contributed by atoms with E-state index in [1.165, 1.54) is 5.56 Å². The lowest BCUT2D eigenvalue weighted by atomic mass is 9.96. The second-order valence-corrected chi connectivity index (χ2v) is 5.96. The Morgan fingerprint density at radius 2 is 1.95 bits per heavy atom. The fraction of sp³-hybridized carbons (Fsp3) is 0.588. The van der Waals surface area contributed by atoms with Crippen LogP contribution in [0, 0.1) is 0 Å². The molecule has 4 nitrogen and oxygen atoms in total. The summed E-state index contributed by atoms with van der Waals surface area (Å²) >= 11 is 0. The summed E-state index contributed by atoms with van der Waals surface area (Å²) in [4.78, 5) is 14.1. The molecule has 1 atom stereocenters. The normalized spacial score (nSPS) is 22.9. The number of aryl methyl sites for hydroxylation is 1. The second-order valence-electron chi connectivity index (χ2n) is 5.96. The Labute approximate surface area is 126 Å². The molecular formula is C17H25NO3. The van der Waals surface area contributed by atoms with Gasteiger partial charge in [0.05, 0.1) is 12.2 Å². The number of aliphatic hydroxyl groups is 2. The second kappa shape index (κ2) is 7.57. The molecule has 0 saturated carbocycles. The number of carbonyl (C=O) groups excluding carboxylic acids is 1. The molecule has 116 valence electrons. The van der Waals surface area contributed by atoms with E-state index in [4.69, 9.17) is 0 Å². The number of aliphatic hydroxyl groups excluding tert-OH is 1. The highest BCUT2D eigenvalue weighted by Gasteiger charge is 2.30. The first-order chi connectivity index (χ1) is 10.1.